The summed E-state index contributed by atoms with van der Waals surface area (Å²) in [7, 11) is 0. The van der Waals surface area contributed by atoms with Crippen molar-refractivity contribution in [3.8, 4) is 0 Å². The number of hydrogen-bond donors (Lipinski definition) is 3. The summed E-state index contributed by atoms with van der Waals surface area (Å²) < 4.78 is 0. The predicted molar refractivity (Wildman–Crippen MR) is 34.7 cm³/mol. The van der Waals surface area contributed by atoms with E-state index >= 15 is 0 Å². The van der Waals surface area contributed by atoms with Crippen molar-refractivity contribution in [2.75, 3.05) is 0 Å². The van der Waals surface area contributed by atoms with Crippen molar-refractivity contribution in [2.24, 2.45) is 17.2 Å². The Morgan fingerprint density at radius 3 is 1.71 bits per heavy atom. The Bertz CT molecular complexity index is 48.6. The van der Waals surface area contributed by atoms with Crippen molar-refractivity contribution in [3.05, 3.63) is 0 Å². The van der Waals surface area contributed by atoms with Crippen LogP contribution in [0.2, 0.25) is 5.25 Å². The molecular formula is C3H13GeN3. The summed E-state index contributed by atoms with van der Waals surface area (Å²) in [5.74, 6) is -0.903. The van der Waals surface area contributed by atoms with Gasteiger partial charge in [-0.05, 0) is 0 Å². The van der Waals surface area contributed by atoms with Crippen LogP contribution in [0.5, 0.6) is 0 Å². The van der Waals surface area contributed by atoms with Gasteiger partial charge in [0.1, 0.15) is 0 Å². The van der Waals surface area contributed by atoms with Gasteiger partial charge in [-0.2, -0.15) is 0 Å². The molecule has 0 aromatic carbocycles. The van der Waals surface area contributed by atoms with E-state index in [0.717, 1.165) is 28.2 Å². The van der Waals surface area contributed by atoms with Gasteiger partial charge in [-0.1, -0.05) is 0 Å². The second-order valence-electron chi connectivity index (χ2n) is 1.86. The summed E-state index contributed by atoms with van der Waals surface area (Å²) in [5, 5.41) is 1.12. The molecule has 0 aromatic heterocycles. The first-order valence-electron chi connectivity index (χ1n) is 2.43. The van der Waals surface area contributed by atoms with Crippen LogP contribution in [0.4, 0.5) is 0 Å². The Labute approximate surface area is 51.8 Å². The second-order valence-corrected chi connectivity index (χ2v) is 3.96. The molecule has 0 fully saturated rings. The summed E-state index contributed by atoms with van der Waals surface area (Å²) in [6.07, 6.45) is 0.757. The van der Waals surface area contributed by atoms with E-state index in [0.29, 0.717) is 0 Å². The fraction of sp³-hybridized carbons (Fsp3) is 1.00. The zero-order chi connectivity index (χ0) is 5.91. The van der Waals surface area contributed by atoms with E-state index in [9.17, 15) is 0 Å². The molecule has 7 heavy (non-hydrogen) atoms. The molecule has 0 atom stereocenters. The Hall–Kier alpha value is 0.423. The summed E-state index contributed by atoms with van der Waals surface area (Å²) >= 11 is 0.830. The van der Waals surface area contributed by atoms with Crippen LogP contribution in [0.25, 0.3) is 0 Å². The topological polar surface area (TPSA) is 78.1 Å². The second kappa shape index (κ2) is 2.66. The van der Waals surface area contributed by atoms with E-state index in [1.54, 1.807) is 0 Å². The summed E-state index contributed by atoms with van der Waals surface area (Å²) in [6.45, 7) is 0. The molecule has 0 aliphatic rings. The van der Waals surface area contributed by atoms with Crippen LogP contribution in [0.15, 0.2) is 0 Å². The van der Waals surface area contributed by atoms with E-state index in [4.69, 9.17) is 17.2 Å². The molecule has 0 aromatic rings. The molecule has 0 spiro atoms. The van der Waals surface area contributed by atoms with Crippen LogP contribution < -0.4 is 17.2 Å². The third kappa shape index (κ3) is 6.42. The van der Waals surface area contributed by atoms with Crippen molar-refractivity contribution in [1.82, 2.24) is 0 Å². The van der Waals surface area contributed by atoms with Gasteiger partial charge in [-0.15, -0.1) is 0 Å². The average molecular weight is 164 g/mol. The van der Waals surface area contributed by atoms with Crippen LogP contribution in [-0.2, 0) is 0 Å². The molecule has 0 unspecified atom stereocenters. The van der Waals surface area contributed by atoms with Crippen molar-refractivity contribution >= 4 is 16.5 Å². The maximum atomic E-state index is 5.23. The number of hydrogen-bond acceptors (Lipinski definition) is 3. The zero-order valence-electron chi connectivity index (χ0n) is 4.65. The normalized spacial score (nSPS) is 12.4. The van der Waals surface area contributed by atoms with Crippen LogP contribution in [-0.4, -0.2) is 22.3 Å². The SMILES string of the molecule is NC(N)(N)C[CH2][GeH3]. The first-order valence-corrected chi connectivity index (χ1v) is 5.39. The van der Waals surface area contributed by atoms with Gasteiger partial charge in [0.25, 0.3) is 0 Å². The standard InChI is InChI=1S/C3H13GeN3/c4-2-1-3(5,6)7/h1-2,5-7H2,4H3. The molecule has 0 rings (SSSR count). The van der Waals surface area contributed by atoms with Gasteiger partial charge in [-0.25, -0.2) is 0 Å². The van der Waals surface area contributed by atoms with Gasteiger partial charge in [0.15, 0.2) is 0 Å². The molecule has 0 heterocycles. The third-order valence-corrected chi connectivity index (χ3v) is 1.73. The molecule has 0 bridgehead atoms. The summed E-state index contributed by atoms with van der Waals surface area (Å²) in [6, 6.07) is 0. The minimum absolute atomic E-state index is 0.757. The van der Waals surface area contributed by atoms with Crippen LogP contribution in [0.1, 0.15) is 6.42 Å². The maximum absolute atomic E-state index is 5.23. The van der Waals surface area contributed by atoms with Crippen molar-refractivity contribution in [2.45, 2.75) is 17.5 Å². The molecule has 0 amide bonds. The first kappa shape index (κ1) is 7.42. The fourth-order valence-corrected chi connectivity index (χ4v) is 2.25. The Morgan fingerprint density at radius 2 is 1.71 bits per heavy atom. The van der Waals surface area contributed by atoms with Crippen LogP contribution >= 0.6 is 0 Å². The van der Waals surface area contributed by atoms with Gasteiger partial charge in [0.2, 0.25) is 0 Å². The Kier molecular flexibility index (Phi) is 2.82. The molecule has 0 aliphatic carbocycles. The van der Waals surface area contributed by atoms with Gasteiger partial charge in [0.05, 0.1) is 0 Å². The van der Waals surface area contributed by atoms with Crippen molar-refractivity contribution in [1.29, 1.82) is 0 Å². The monoisotopic (exact) mass is 165 g/mol. The van der Waals surface area contributed by atoms with E-state index < -0.39 is 5.79 Å². The molecule has 3 nitrogen and oxygen atoms in total. The molecule has 0 aliphatic heterocycles. The molecular weight excluding hydrogens is 151 g/mol. The zero-order valence-corrected chi connectivity index (χ0v) is 8.84. The van der Waals surface area contributed by atoms with Crippen LogP contribution in [0, 0.1) is 0 Å². The molecule has 0 saturated carbocycles. The first-order chi connectivity index (χ1) is 3.06. The van der Waals surface area contributed by atoms with Crippen LogP contribution in [0.3, 0.4) is 0 Å². The molecule has 6 N–H and O–H groups in total. The Balaban J connectivity index is 3.15. The quantitative estimate of drug-likeness (QED) is 0.316. The number of rotatable bonds is 2. The Morgan fingerprint density at radius 1 is 1.29 bits per heavy atom. The van der Waals surface area contributed by atoms with Crippen molar-refractivity contribution in [3.63, 3.8) is 0 Å². The van der Waals surface area contributed by atoms with E-state index in [1.165, 1.54) is 0 Å². The van der Waals surface area contributed by atoms with E-state index in [-0.39, 0.29) is 0 Å². The minimum atomic E-state index is -0.903. The van der Waals surface area contributed by atoms with E-state index in [1.807, 2.05) is 0 Å². The molecule has 0 radical (unpaired) electrons. The van der Waals surface area contributed by atoms with Gasteiger partial charge < -0.3 is 0 Å². The van der Waals surface area contributed by atoms with Gasteiger partial charge in [0, 0.05) is 0 Å². The fourth-order valence-electron chi connectivity index (χ4n) is 0.433. The summed E-state index contributed by atoms with van der Waals surface area (Å²) in [5.41, 5.74) is 15.7. The summed E-state index contributed by atoms with van der Waals surface area (Å²) in [4.78, 5) is 0. The molecule has 44 valence electrons. The van der Waals surface area contributed by atoms with Crippen molar-refractivity contribution < 1.29 is 0 Å². The number of nitrogens with two attached hydrogens (primary N) is 3. The third-order valence-electron chi connectivity index (χ3n) is 0.683. The van der Waals surface area contributed by atoms with E-state index in [2.05, 4.69) is 0 Å². The average Bonchev–Trinajstić information content (AvgIpc) is 1.30. The van der Waals surface area contributed by atoms with Gasteiger partial charge >= 0.3 is 51.2 Å². The predicted octanol–water partition coefficient (Wildman–Crippen LogP) is -2.31. The molecule has 4 heteroatoms. The van der Waals surface area contributed by atoms with Gasteiger partial charge in [-0.3, -0.25) is 0 Å². The molecule has 0 saturated heterocycles.